The van der Waals surface area contributed by atoms with Gasteiger partial charge in [-0.05, 0) is 18.8 Å². The summed E-state index contributed by atoms with van der Waals surface area (Å²) in [7, 11) is 0. The predicted octanol–water partition coefficient (Wildman–Crippen LogP) is -0.562. The van der Waals surface area contributed by atoms with Crippen molar-refractivity contribution in [2.24, 2.45) is 5.92 Å². The number of aliphatic carboxylic acids is 1. The van der Waals surface area contributed by atoms with Crippen LogP contribution in [0.25, 0.3) is 0 Å². The van der Waals surface area contributed by atoms with Crippen LogP contribution in [0, 0.1) is 5.92 Å². The zero-order valence-corrected chi connectivity index (χ0v) is 14.8. The van der Waals surface area contributed by atoms with Gasteiger partial charge in [0, 0.05) is 25.5 Å². The fraction of sp³-hybridized carbons (Fsp3) is 0.625. The van der Waals surface area contributed by atoms with Gasteiger partial charge in [-0.3, -0.25) is 19.1 Å². The van der Waals surface area contributed by atoms with Gasteiger partial charge in [0.05, 0.1) is 0 Å². The van der Waals surface area contributed by atoms with E-state index in [1.165, 1.54) is 4.57 Å². The minimum absolute atomic E-state index is 0.00160. The lowest BCUT2D eigenvalue weighted by Gasteiger charge is -2.26. The fourth-order valence-corrected chi connectivity index (χ4v) is 2.40. The lowest BCUT2D eigenvalue weighted by molar-refractivity contribution is -0.305. The molecule has 0 saturated heterocycles. The van der Waals surface area contributed by atoms with Gasteiger partial charge in [0.2, 0.25) is 5.91 Å². The third-order valence-electron chi connectivity index (χ3n) is 3.61. The van der Waals surface area contributed by atoms with Crippen LogP contribution in [0.2, 0.25) is 0 Å². The van der Waals surface area contributed by atoms with Gasteiger partial charge >= 0.3 is 5.69 Å². The summed E-state index contributed by atoms with van der Waals surface area (Å²) in [4.78, 5) is 50.7. The first-order valence-corrected chi connectivity index (χ1v) is 8.31. The monoisotopic (exact) mass is 353 g/mol. The SMILES string of the molecule is CCCCn1c(N)c(N(CC(C)C)C(=O)CCC(=O)[O-])c(=O)[nH]c1=O. The Morgan fingerprint density at radius 2 is 1.92 bits per heavy atom. The Kier molecular flexibility index (Phi) is 7.41. The highest BCUT2D eigenvalue weighted by Crippen LogP contribution is 2.20. The first-order valence-electron chi connectivity index (χ1n) is 8.31. The Morgan fingerprint density at radius 3 is 2.44 bits per heavy atom. The molecular weight excluding hydrogens is 328 g/mol. The van der Waals surface area contributed by atoms with E-state index < -0.39 is 29.5 Å². The number of aromatic amines is 1. The van der Waals surface area contributed by atoms with E-state index in [9.17, 15) is 24.3 Å². The van der Waals surface area contributed by atoms with Crippen LogP contribution >= 0.6 is 0 Å². The molecule has 0 aliphatic heterocycles. The maximum atomic E-state index is 12.4. The summed E-state index contributed by atoms with van der Waals surface area (Å²) in [6, 6.07) is 0. The zero-order valence-electron chi connectivity index (χ0n) is 14.8. The van der Waals surface area contributed by atoms with E-state index in [1.807, 2.05) is 20.8 Å². The number of aromatic nitrogens is 2. The molecule has 3 N–H and O–H groups in total. The smallest absolute Gasteiger partial charge is 0.330 e. The molecule has 0 atom stereocenters. The third-order valence-corrected chi connectivity index (χ3v) is 3.61. The highest BCUT2D eigenvalue weighted by atomic mass is 16.4. The number of anilines is 2. The first kappa shape index (κ1) is 20.5. The van der Waals surface area contributed by atoms with E-state index in [0.717, 1.165) is 11.3 Å². The van der Waals surface area contributed by atoms with Crippen LogP contribution in [0.1, 0.15) is 46.5 Å². The third kappa shape index (κ3) is 5.47. The number of nitrogens with one attached hydrogen (secondary N) is 1. The molecule has 9 heteroatoms. The van der Waals surface area contributed by atoms with E-state index in [2.05, 4.69) is 4.98 Å². The minimum atomic E-state index is -1.35. The van der Waals surface area contributed by atoms with E-state index in [-0.39, 0.29) is 30.4 Å². The molecule has 1 heterocycles. The molecule has 0 aliphatic rings. The van der Waals surface area contributed by atoms with Crippen molar-refractivity contribution in [3.63, 3.8) is 0 Å². The molecule has 0 saturated carbocycles. The number of rotatable bonds is 9. The summed E-state index contributed by atoms with van der Waals surface area (Å²) in [5.41, 5.74) is 4.50. The standard InChI is InChI=1S/C16H26N4O5/c1-4-5-8-19-14(17)13(15(24)18-16(19)25)20(9-10(2)3)11(21)6-7-12(22)23/h10H,4-9,17H2,1-3H3,(H,22,23)(H,18,24,25)/p-1. The molecule has 1 amide bonds. The molecule has 0 radical (unpaired) electrons. The van der Waals surface area contributed by atoms with Crippen molar-refractivity contribution < 1.29 is 14.7 Å². The number of amides is 1. The molecular formula is C16H25N4O5-. The normalized spacial score (nSPS) is 10.9. The molecule has 0 bridgehead atoms. The van der Waals surface area contributed by atoms with Gasteiger partial charge < -0.3 is 20.5 Å². The number of carboxylic acid groups (broad SMARTS) is 1. The van der Waals surface area contributed by atoms with Crippen molar-refractivity contribution in [1.29, 1.82) is 0 Å². The molecule has 0 aliphatic carbocycles. The number of carbonyl (C=O) groups is 2. The van der Waals surface area contributed by atoms with E-state index in [1.54, 1.807) is 0 Å². The van der Waals surface area contributed by atoms with Gasteiger partial charge in [-0.15, -0.1) is 0 Å². The van der Waals surface area contributed by atoms with Gasteiger partial charge in [-0.25, -0.2) is 4.79 Å². The predicted molar refractivity (Wildman–Crippen MR) is 92.1 cm³/mol. The Hall–Kier alpha value is -2.58. The zero-order chi connectivity index (χ0) is 19.1. The van der Waals surface area contributed by atoms with E-state index in [0.29, 0.717) is 13.0 Å². The van der Waals surface area contributed by atoms with Crippen molar-refractivity contribution in [3.05, 3.63) is 20.8 Å². The average molecular weight is 353 g/mol. The highest BCUT2D eigenvalue weighted by molar-refractivity contribution is 5.96. The molecule has 0 aromatic carbocycles. The quantitative estimate of drug-likeness (QED) is 0.609. The number of H-pyrrole nitrogens is 1. The summed E-state index contributed by atoms with van der Waals surface area (Å²) < 4.78 is 1.22. The second kappa shape index (κ2) is 9.05. The number of unbranched alkanes of at least 4 members (excludes halogenated alkanes) is 1. The van der Waals surface area contributed by atoms with Gasteiger partial charge in [0.25, 0.3) is 5.56 Å². The van der Waals surface area contributed by atoms with E-state index in [4.69, 9.17) is 5.73 Å². The largest absolute Gasteiger partial charge is 0.550 e. The van der Waals surface area contributed by atoms with Crippen LogP contribution in [0.3, 0.4) is 0 Å². The molecule has 9 nitrogen and oxygen atoms in total. The first-order chi connectivity index (χ1) is 11.7. The van der Waals surface area contributed by atoms with Crippen LogP contribution in [-0.4, -0.2) is 28.0 Å². The molecule has 1 aromatic heterocycles. The summed E-state index contributed by atoms with van der Waals surface area (Å²) in [5, 5.41) is 10.6. The van der Waals surface area contributed by atoms with Crippen molar-refractivity contribution >= 4 is 23.4 Å². The van der Waals surface area contributed by atoms with Crippen molar-refractivity contribution in [1.82, 2.24) is 9.55 Å². The number of hydrogen-bond donors (Lipinski definition) is 2. The summed E-state index contributed by atoms with van der Waals surface area (Å²) >= 11 is 0. The van der Waals surface area contributed by atoms with Gasteiger partial charge in [-0.2, -0.15) is 0 Å². The lowest BCUT2D eigenvalue weighted by atomic mass is 10.1. The molecule has 1 aromatic rings. The number of nitrogens with zero attached hydrogens (tertiary/aromatic N) is 2. The number of hydrogen-bond acceptors (Lipinski definition) is 6. The van der Waals surface area contributed by atoms with Crippen molar-refractivity contribution in [2.45, 2.75) is 53.0 Å². The lowest BCUT2D eigenvalue weighted by Crippen LogP contribution is -2.43. The second-order valence-electron chi connectivity index (χ2n) is 6.27. The number of carbonyl (C=O) groups excluding carboxylic acids is 2. The maximum Gasteiger partial charge on any atom is 0.330 e. The van der Waals surface area contributed by atoms with Gasteiger partial charge in [0.15, 0.2) is 5.69 Å². The Labute approximate surface area is 145 Å². The summed E-state index contributed by atoms with van der Waals surface area (Å²) in [6.45, 7) is 6.12. The molecule has 25 heavy (non-hydrogen) atoms. The summed E-state index contributed by atoms with van der Waals surface area (Å²) in [6.07, 6.45) is 0.724. The van der Waals surface area contributed by atoms with Crippen molar-refractivity contribution in [3.8, 4) is 0 Å². The number of nitrogens with two attached hydrogens (primary N) is 1. The average Bonchev–Trinajstić information content (AvgIpc) is 2.50. The molecule has 0 spiro atoms. The van der Waals surface area contributed by atoms with Gasteiger partial charge in [0.1, 0.15) is 5.82 Å². The highest BCUT2D eigenvalue weighted by Gasteiger charge is 2.24. The number of nitrogen functional groups attached to an aromatic ring is 1. The van der Waals surface area contributed by atoms with Crippen LogP contribution in [0.15, 0.2) is 9.59 Å². The van der Waals surface area contributed by atoms with Crippen molar-refractivity contribution in [2.75, 3.05) is 17.2 Å². The Balaban J connectivity index is 3.37. The molecule has 0 unspecified atom stereocenters. The molecule has 140 valence electrons. The molecule has 0 fully saturated rings. The van der Waals surface area contributed by atoms with Crippen LogP contribution < -0.4 is 27.0 Å². The minimum Gasteiger partial charge on any atom is -0.550 e. The van der Waals surface area contributed by atoms with Crippen LogP contribution in [-0.2, 0) is 16.1 Å². The molecule has 1 rings (SSSR count). The Morgan fingerprint density at radius 1 is 1.28 bits per heavy atom. The Bertz CT molecular complexity index is 735. The van der Waals surface area contributed by atoms with Crippen LogP contribution in [0.4, 0.5) is 11.5 Å². The van der Waals surface area contributed by atoms with E-state index >= 15 is 0 Å². The maximum absolute atomic E-state index is 12.4. The topological polar surface area (TPSA) is 141 Å². The number of carboxylic acids is 1. The second-order valence-corrected chi connectivity index (χ2v) is 6.27. The van der Waals surface area contributed by atoms with Gasteiger partial charge in [-0.1, -0.05) is 27.2 Å². The van der Waals surface area contributed by atoms with Crippen LogP contribution in [0.5, 0.6) is 0 Å². The summed E-state index contributed by atoms with van der Waals surface area (Å²) in [5.74, 6) is -2.00. The fourth-order valence-electron chi connectivity index (χ4n) is 2.40.